The first-order chi connectivity index (χ1) is 16.8. The van der Waals surface area contributed by atoms with E-state index in [0.717, 1.165) is 33.5 Å². The molecular weight excluding hydrogens is 444 g/mol. The number of carbonyl (C=O) groups is 1. The highest BCUT2D eigenvalue weighted by Gasteiger charge is 2.32. The van der Waals surface area contributed by atoms with Gasteiger partial charge in [0.25, 0.3) is 0 Å². The van der Waals surface area contributed by atoms with E-state index < -0.39 is 6.09 Å². The van der Waals surface area contributed by atoms with E-state index in [0.29, 0.717) is 46.0 Å². The van der Waals surface area contributed by atoms with Gasteiger partial charge in [-0.3, -0.25) is 0 Å². The molecule has 1 aliphatic heterocycles. The van der Waals surface area contributed by atoms with Crippen molar-refractivity contribution in [2.45, 2.75) is 46.4 Å². The molecule has 0 saturated carbocycles. The van der Waals surface area contributed by atoms with Gasteiger partial charge in [-0.05, 0) is 36.5 Å². The van der Waals surface area contributed by atoms with Crippen molar-refractivity contribution >= 4 is 17.0 Å². The van der Waals surface area contributed by atoms with Crippen LogP contribution >= 0.6 is 0 Å². The van der Waals surface area contributed by atoms with Gasteiger partial charge >= 0.3 is 6.09 Å². The standard InChI is InChI=1S/C28H34N2O5/c1-20-25(18-34-19-28(2,3)15-22-17-33-14-13-30(22)27(31)32)29-24-12-8-7-11-23(24)26(20)35-16-21-9-5-4-6-10-21/h4-12,22H,13-19H2,1-3H3,(H,31,32). The molecule has 7 heteroatoms. The summed E-state index contributed by atoms with van der Waals surface area (Å²) in [4.78, 5) is 17.9. The number of rotatable bonds is 9. The largest absolute Gasteiger partial charge is 0.488 e. The zero-order chi connectivity index (χ0) is 24.8. The van der Waals surface area contributed by atoms with Crippen molar-refractivity contribution in [2.24, 2.45) is 5.41 Å². The first-order valence-corrected chi connectivity index (χ1v) is 12.0. The molecule has 3 aromatic rings. The average Bonchev–Trinajstić information content (AvgIpc) is 2.84. The van der Waals surface area contributed by atoms with Crippen molar-refractivity contribution in [1.29, 1.82) is 0 Å². The Balaban J connectivity index is 1.45. The van der Waals surface area contributed by atoms with Gasteiger partial charge in [0.15, 0.2) is 0 Å². The van der Waals surface area contributed by atoms with Gasteiger partial charge in [-0.15, -0.1) is 0 Å². The number of ether oxygens (including phenoxy) is 3. The molecule has 1 fully saturated rings. The fourth-order valence-electron chi connectivity index (χ4n) is 4.58. The molecule has 1 atom stereocenters. The van der Waals surface area contributed by atoms with Gasteiger partial charge in [0.05, 0.1) is 43.7 Å². The molecule has 0 bridgehead atoms. The van der Waals surface area contributed by atoms with Gasteiger partial charge in [-0.1, -0.05) is 56.3 Å². The van der Waals surface area contributed by atoms with Crippen LogP contribution in [0.4, 0.5) is 4.79 Å². The van der Waals surface area contributed by atoms with Crippen molar-refractivity contribution in [3.63, 3.8) is 0 Å². The number of hydrogen-bond acceptors (Lipinski definition) is 5. The van der Waals surface area contributed by atoms with Gasteiger partial charge in [0.2, 0.25) is 0 Å². The number of carboxylic acid groups (broad SMARTS) is 1. The first kappa shape index (κ1) is 24.9. The Morgan fingerprint density at radius 3 is 2.66 bits per heavy atom. The van der Waals surface area contributed by atoms with Gasteiger partial charge in [-0.25, -0.2) is 9.78 Å². The minimum atomic E-state index is -0.894. The number of hydrogen-bond donors (Lipinski definition) is 1. The van der Waals surface area contributed by atoms with E-state index >= 15 is 0 Å². The van der Waals surface area contributed by atoms with Crippen LogP contribution in [0.15, 0.2) is 54.6 Å². The lowest BCUT2D eigenvalue weighted by molar-refractivity contribution is -0.0291. The van der Waals surface area contributed by atoms with Gasteiger partial charge in [0, 0.05) is 17.5 Å². The summed E-state index contributed by atoms with van der Waals surface area (Å²) in [6.45, 7) is 8.79. The lowest BCUT2D eigenvalue weighted by Crippen LogP contribution is -2.50. The molecule has 35 heavy (non-hydrogen) atoms. The van der Waals surface area contributed by atoms with E-state index in [1.165, 1.54) is 4.90 Å². The number of fused-ring (bicyclic) bond motifs is 1. The van der Waals surface area contributed by atoms with Crippen LogP contribution in [-0.4, -0.2) is 53.5 Å². The number of nitrogens with zero attached hydrogens (tertiary/aromatic N) is 2. The summed E-state index contributed by atoms with van der Waals surface area (Å²) >= 11 is 0. The minimum absolute atomic E-state index is 0.168. The molecule has 1 N–H and O–H groups in total. The molecule has 2 aromatic carbocycles. The highest BCUT2D eigenvalue weighted by Crippen LogP contribution is 2.32. The predicted octanol–water partition coefficient (Wildman–Crippen LogP) is 5.43. The first-order valence-electron chi connectivity index (χ1n) is 12.0. The molecule has 1 aromatic heterocycles. The molecule has 1 unspecified atom stereocenters. The maximum atomic E-state index is 11.6. The quantitative estimate of drug-likeness (QED) is 0.441. The molecular formula is C28H34N2O5. The average molecular weight is 479 g/mol. The van der Waals surface area contributed by atoms with Crippen molar-refractivity contribution < 1.29 is 24.1 Å². The lowest BCUT2D eigenvalue weighted by atomic mass is 9.86. The smallest absolute Gasteiger partial charge is 0.407 e. The molecule has 2 heterocycles. The van der Waals surface area contributed by atoms with Crippen molar-refractivity contribution in [2.75, 3.05) is 26.4 Å². The maximum Gasteiger partial charge on any atom is 0.407 e. The number of morpholine rings is 1. The van der Waals surface area contributed by atoms with E-state index in [2.05, 4.69) is 13.8 Å². The van der Waals surface area contributed by atoms with E-state index in [-0.39, 0.29) is 11.5 Å². The zero-order valence-corrected chi connectivity index (χ0v) is 20.7. The molecule has 7 nitrogen and oxygen atoms in total. The Kier molecular flexibility index (Phi) is 7.88. The Bertz CT molecular complexity index is 1150. The molecule has 0 aliphatic carbocycles. The second-order valence-electron chi connectivity index (χ2n) is 9.87. The summed E-state index contributed by atoms with van der Waals surface area (Å²) in [6.07, 6.45) is -0.233. The van der Waals surface area contributed by atoms with Gasteiger partial charge in [-0.2, -0.15) is 0 Å². The summed E-state index contributed by atoms with van der Waals surface area (Å²) in [6, 6.07) is 17.9. The van der Waals surface area contributed by atoms with Crippen LogP contribution in [0.1, 0.15) is 37.1 Å². The Hall–Kier alpha value is -3.16. The van der Waals surface area contributed by atoms with Crippen molar-refractivity contribution in [1.82, 2.24) is 9.88 Å². The number of pyridine rings is 1. The third kappa shape index (κ3) is 6.29. The summed E-state index contributed by atoms with van der Waals surface area (Å²) in [5, 5.41) is 10.5. The number of benzene rings is 2. The fourth-order valence-corrected chi connectivity index (χ4v) is 4.58. The van der Waals surface area contributed by atoms with Gasteiger partial charge < -0.3 is 24.2 Å². The molecule has 1 amide bonds. The fraction of sp³-hybridized carbons (Fsp3) is 0.429. The zero-order valence-electron chi connectivity index (χ0n) is 20.7. The predicted molar refractivity (Wildman–Crippen MR) is 135 cm³/mol. The lowest BCUT2D eigenvalue weighted by Gasteiger charge is -2.38. The highest BCUT2D eigenvalue weighted by atomic mass is 16.5. The van der Waals surface area contributed by atoms with Crippen LogP contribution < -0.4 is 4.74 Å². The monoisotopic (exact) mass is 478 g/mol. The normalized spacial score (nSPS) is 16.4. The van der Waals surface area contributed by atoms with Crippen LogP contribution in [0.25, 0.3) is 10.9 Å². The second-order valence-corrected chi connectivity index (χ2v) is 9.87. The third-order valence-electron chi connectivity index (χ3n) is 6.40. The second kappa shape index (κ2) is 11.1. The van der Waals surface area contributed by atoms with Crippen LogP contribution in [0.3, 0.4) is 0 Å². The molecule has 0 radical (unpaired) electrons. The van der Waals surface area contributed by atoms with Gasteiger partial charge in [0.1, 0.15) is 12.4 Å². The van der Waals surface area contributed by atoms with Crippen LogP contribution in [0.5, 0.6) is 5.75 Å². The molecule has 1 aliphatic rings. The van der Waals surface area contributed by atoms with Crippen molar-refractivity contribution in [3.8, 4) is 5.75 Å². The summed E-state index contributed by atoms with van der Waals surface area (Å²) in [5.74, 6) is 0.828. The Labute approximate surface area is 206 Å². The molecule has 186 valence electrons. The summed E-state index contributed by atoms with van der Waals surface area (Å²) < 4.78 is 18.0. The number of para-hydroxylation sites is 1. The van der Waals surface area contributed by atoms with Crippen LogP contribution in [0.2, 0.25) is 0 Å². The SMILES string of the molecule is Cc1c(COCC(C)(C)CC2COCCN2C(=O)O)nc2ccccc2c1OCc1ccccc1. The minimum Gasteiger partial charge on any atom is -0.488 e. The molecule has 1 saturated heterocycles. The Morgan fingerprint density at radius 2 is 1.89 bits per heavy atom. The van der Waals surface area contributed by atoms with E-state index in [4.69, 9.17) is 19.2 Å². The maximum absolute atomic E-state index is 11.6. The van der Waals surface area contributed by atoms with Crippen LogP contribution in [0, 0.1) is 12.3 Å². The van der Waals surface area contributed by atoms with E-state index in [9.17, 15) is 9.90 Å². The number of aromatic nitrogens is 1. The topological polar surface area (TPSA) is 81.1 Å². The number of amides is 1. The van der Waals surface area contributed by atoms with E-state index in [1.54, 1.807) is 0 Å². The molecule has 4 rings (SSSR count). The highest BCUT2D eigenvalue weighted by molar-refractivity contribution is 5.86. The van der Waals surface area contributed by atoms with E-state index in [1.807, 2.05) is 61.5 Å². The molecule has 0 spiro atoms. The Morgan fingerprint density at radius 1 is 1.14 bits per heavy atom. The summed E-state index contributed by atoms with van der Waals surface area (Å²) in [7, 11) is 0. The third-order valence-corrected chi connectivity index (χ3v) is 6.40. The summed E-state index contributed by atoms with van der Waals surface area (Å²) in [5.41, 5.74) is 3.56. The van der Waals surface area contributed by atoms with Crippen molar-refractivity contribution in [3.05, 3.63) is 71.4 Å². The van der Waals surface area contributed by atoms with Crippen LogP contribution in [-0.2, 0) is 22.7 Å².